The highest BCUT2D eigenvalue weighted by Crippen LogP contribution is 2.43. The van der Waals surface area contributed by atoms with E-state index in [4.69, 9.17) is 14.2 Å². The van der Waals surface area contributed by atoms with Gasteiger partial charge in [-0.25, -0.2) is 15.0 Å². The van der Waals surface area contributed by atoms with Gasteiger partial charge in [-0.1, -0.05) is 19.3 Å². The van der Waals surface area contributed by atoms with Crippen LogP contribution in [-0.2, 0) is 14.2 Å². The van der Waals surface area contributed by atoms with E-state index in [1.54, 1.807) is 12.7 Å². The van der Waals surface area contributed by atoms with Gasteiger partial charge >= 0.3 is 0 Å². The molecule has 0 spiro atoms. The van der Waals surface area contributed by atoms with E-state index in [-0.39, 0.29) is 18.8 Å². The molecule has 28 heavy (non-hydrogen) atoms. The van der Waals surface area contributed by atoms with Crippen LogP contribution in [0.15, 0.2) is 12.7 Å². The molecule has 4 heterocycles. The summed E-state index contributed by atoms with van der Waals surface area (Å²) in [4.78, 5) is 13.4. The highest BCUT2D eigenvalue weighted by molar-refractivity contribution is 5.82. The van der Waals surface area contributed by atoms with E-state index in [9.17, 15) is 5.11 Å². The zero-order valence-electron chi connectivity index (χ0n) is 16.2. The Hall–Kier alpha value is -1.81. The third kappa shape index (κ3) is 3.06. The van der Waals surface area contributed by atoms with Crippen LogP contribution in [0.4, 0.5) is 5.82 Å². The first kappa shape index (κ1) is 18.2. The number of rotatable bonds is 4. The molecular weight excluding hydrogens is 362 g/mol. The number of hydrogen-bond acceptors (Lipinski definition) is 8. The molecule has 2 aromatic rings. The summed E-state index contributed by atoms with van der Waals surface area (Å²) in [7, 11) is 0. The van der Waals surface area contributed by atoms with Crippen molar-refractivity contribution >= 4 is 17.0 Å². The molecule has 3 fully saturated rings. The summed E-state index contributed by atoms with van der Waals surface area (Å²) in [6.45, 7) is 3.61. The molecule has 9 nitrogen and oxygen atoms in total. The lowest BCUT2D eigenvalue weighted by molar-refractivity contribution is -0.199. The summed E-state index contributed by atoms with van der Waals surface area (Å²) in [5, 5.41) is 13.3. The number of nitrogens with zero attached hydrogens (tertiary/aromatic N) is 4. The van der Waals surface area contributed by atoms with Gasteiger partial charge in [0.25, 0.3) is 0 Å². The summed E-state index contributed by atoms with van der Waals surface area (Å²) in [6.07, 6.45) is 7.78. The monoisotopic (exact) mass is 389 g/mol. The molecule has 3 aliphatic rings. The second-order valence-electron chi connectivity index (χ2n) is 8.34. The molecule has 1 aliphatic carbocycles. The number of imidazole rings is 1. The molecule has 5 rings (SSSR count). The largest absolute Gasteiger partial charge is 0.394 e. The number of aliphatic hydroxyl groups is 1. The van der Waals surface area contributed by atoms with Crippen molar-refractivity contribution in [2.24, 2.45) is 0 Å². The zero-order valence-corrected chi connectivity index (χ0v) is 16.2. The first-order chi connectivity index (χ1) is 13.6. The maximum atomic E-state index is 9.72. The highest BCUT2D eigenvalue weighted by atomic mass is 16.8. The van der Waals surface area contributed by atoms with Gasteiger partial charge in [-0.2, -0.15) is 0 Å². The molecule has 152 valence electrons. The Morgan fingerprint density at radius 3 is 2.71 bits per heavy atom. The summed E-state index contributed by atoms with van der Waals surface area (Å²) >= 11 is 0. The number of ether oxygens (including phenoxy) is 3. The number of hydrogen-bond donors (Lipinski definition) is 2. The van der Waals surface area contributed by atoms with Gasteiger partial charge in [0, 0.05) is 6.04 Å². The van der Waals surface area contributed by atoms with E-state index in [0.717, 1.165) is 24.2 Å². The Labute approximate surface area is 163 Å². The molecule has 2 aliphatic heterocycles. The second kappa shape index (κ2) is 6.91. The minimum Gasteiger partial charge on any atom is -0.394 e. The van der Waals surface area contributed by atoms with Crippen molar-refractivity contribution in [3.05, 3.63) is 12.7 Å². The first-order valence-electron chi connectivity index (χ1n) is 10.1. The molecular formula is C19H27N5O4. The maximum Gasteiger partial charge on any atom is 0.167 e. The van der Waals surface area contributed by atoms with Gasteiger partial charge in [0.05, 0.1) is 12.9 Å². The van der Waals surface area contributed by atoms with E-state index in [1.165, 1.54) is 19.3 Å². The van der Waals surface area contributed by atoms with Crippen LogP contribution in [0, 0.1) is 0 Å². The van der Waals surface area contributed by atoms with Crippen molar-refractivity contribution in [3.8, 4) is 0 Å². The van der Waals surface area contributed by atoms with Gasteiger partial charge in [0.1, 0.15) is 24.6 Å². The fourth-order valence-corrected chi connectivity index (χ4v) is 4.61. The predicted octanol–water partition coefficient (Wildman–Crippen LogP) is 1.98. The van der Waals surface area contributed by atoms with E-state index in [1.807, 2.05) is 18.4 Å². The first-order valence-corrected chi connectivity index (χ1v) is 10.1. The van der Waals surface area contributed by atoms with Crippen LogP contribution in [0.3, 0.4) is 0 Å². The normalized spacial score (nSPS) is 32.7. The van der Waals surface area contributed by atoms with Gasteiger partial charge in [-0.3, -0.25) is 4.57 Å². The molecule has 0 amide bonds. The molecule has 4 atom stereocenters. The smallest absolute Gasteiger partial charge is 0.167 e. The van der Waals surface area contributed by atoms with Crippen LogP contribution in [0.1, 0.15) is 52.2 Å². The number of aliphatic hydroxyl groups excluding tert-OH is 1. The summed E-state index contributed by atoms with van der Waals surface area (Å²) in [5.74, 6) is 0.0388. The topological polar surface area (TPSA) is 104 Å². The molecule has 1 saturated carbocycles. The van der Waals surface area contributed by atoms with Gasteiger partial charge in [0.15, 0.2) is 29.0 Å². The zero-order chi connectivity index (χ0) is 19.3. The maximum absolute atomic E-state index is 9.72. The van der Waals surface area contributed by atoms with Crippen molar-refractivity contribution in [2.45, 2.75) is 82.3 Å². The van der Waals surface area contributed by atoms with Crippen molar-refractivity contribution in [2.75, 3.05) is 11.9 Å². The van der Waals surface area contributed by atoms with E-state index < -0.39 is 18.1 Å². The summed E-state index contributed by atoms with van der Waals surface area (Å²) < 4.78 is 19.9. The quantitative estimate of drug-likeness (QED) is 0.818. The molecule has 9 heteroatoms. The molecule has 0 unspecified atom stereocenters. The highest BCUT2D eigenvalue weighted by Gasteiger charge is 2.56. The average molecular weight is 389 g/mol. The minimum atomic E-state index is -0.718. The van der Waals surface area contributed by atoms with Crippen molar-refractivity contribution in [1.82, 2.24) is 19.5 Å². The fraction of sp³-hybridized carbons (Fsp3) is 0.737. The van der Waals surface area contributed by atoms with Crippen LogP contribution in [0.5, 0.6) is 0 Å². The number of anilines is 1. The lowest BCUT2D eigenvalue weighted by atomic mass is 9.95. The average Bonchev–Trinajstić information content (AvgIpc) is 3.33. The summed E-state index contributed by atoms with van der Waals surface area (Å²) in [5.41, 5.74) is 1.41. The van der Waals surface area contributed by atoms with E-state index >= 15 is 0 Å². The molecule has 0 radical (unpaired) electrons. The van der Waals surface area contributed by atoms with Crippen LogP contribution < -0.4 is 5.32 Å². The number of fused-ring (bicyclic) bond motifs is 2. The number of aromatic nitrogens is 4. The third-order valence-electron chi connectivity index (χ3n) is 5.88. The van der Waals surface area contributed by atoms with Gasteiger partial charge in [0.2, 0.25) is 0 Å². The Morgan fingerprint density at radius 2 is 1.93 bits per heavy atom. The Balaban J connectivity index is 1.46. The lowest BCUT2D eigenvalue weighted by Crippen LogP contribution is -2.31. The number of nitrogens with one attached hydrogen (secondary N) is 1. The Kier molecular flexibility index (Phi) is 4.50. The van der Waals surface area contributed by atoms with Crippen molar-refractivity contribution in [3.63, 3.8) is 0 Å². The van der Waals surface area contributed by atoms with E-state index in [2.05, 4.69) is 20.3 Å². The summed E-state index contributed by atoms with van der Waals surface area (Å²) in [6, 6.07) is 0.426. The minimum absolute atomic E-state index is 0.132. The Bertz CT molecular complexity index is 850. The van der Waals surface area contributed by atoms with E-state index in [0.29, 0.717) is 11.7 Å². The molecule has 2 N–H and O–H groups in total. The van der Waals surface area contributed by atoms with Crippen LogP contribution in [-0.4, -0.2) is 61.4 Å². The third-order valence-corrected chi connectivity index (χ3v) is 5.88. The van der Waals surface area contributed by atoms with Crippen LogP contribution >= 0.6 is 0 Å². The van der Waals surface area contributed by atoms with Gasteiger partial charge in [-0.05, 0) is 26.7 Å². The van der Waals surface area contributed by atoms with Crippen LogP contribution in [0.25, 0.3) is 11.2 Å². The fourth-order valence-electron chi connectivity index (χ4n) is 4.61. The predicted molar refractivity (Wildman–Crippen MR) is 101 cm³/mol. The molecule has 2 saturated heterocycles. The second-order valence-corrected chi connectivity index (χ2v) is 8.34. The molecule has 0 bridgehead atoms. The van der Waals surface area contributed by atoms with Crippen molar-refractivity contribution < 1.29 is 19.3 Å². The molecule has 2 aromatic heterocycles. The SMILES string of the molecule is CC1(C)O[C@H]2[C@H](O1)[C@H](n1cnc3c(NC4CCCCC4)ncnc31)O[C@H]2CO. The van der Waals surface area contributed by atoms with Crippen molar-refractivity contribution in [1.29, 1.82) is 0 Å². The van der Waals surface area contributed by atoms with Gasteiger partial charge in [-0.15, -0.1) is 0 Å². The lowest BCUT2D eigenvalue weighted by Gasteiger charge is -2.24. The standard InChI is InChI=1S/C19H27N5O4/c1-19(2)27-14-12(8-25)26-18(15(14)28-19)24-10-22-13-16(20-9-21-17(13)24)23-11-6-4-3-5-7-11/h9-12,14-15,18,25H,3-8H2,1-2H3,(H,20,21,23)/t12-,14+,15-,18+/m0/s1. The van der Waals surface area contributed by atoms with Crippen LogP contribution in [0.2, 0.25) is 0 Å². The Morgan fingerprint density at radius 1 is 1.14 bits per heavy atom. The molecule has 0 aromatic carbocycles. The van der Waals surface area contributed by atoms with Gasteiger partial charge < -0.3 is 24.6 Å².